The van der Waals surface area contributed by atoms with Crippen LogP contribution in [0.2, 0.25) is 0 Å². The molecule has 43 heavy (non-hydrogen) atoms. The van der Waals surface area contributed by atoms with Gasteiger partial charge in [-0.3, -0.25) is 9.36 Å². The van der Waals surface area contributed by atoms with Crippen molar-refractivity contribution in [3.63, 3.8) is 0 Å². The van der Waals surface area contributed by atoms with Crippen LogP contribution in [-0.4, -0.2) is 53.7 Å². The molecule has 7 rings (SSSR count). The highest BCUT2D eigenvalue weighted by molar-refractivity contribution is 6.10. The first kappa shape index (κ1) is 29.0. The maximum absolute atomic E-state index is 14.3. The molecule has 7 heteroatoms. The fourth-order valence-corrected chi connectivity index (χ4v) is 6.61. The molecule has 3 aliphatic rings. The van der Waals surface area contributed by atoms with Crippen LogP contribution in [0.25, 0.3) is 17.1 Å². The van der Waals surface area contributed by atoms with Gasteiger partial charge < -0.3 is 19.3 Å². The lowest BCUT2D eigenvalue weighted by Gasteiger charge is -2.37. The number of piperidine rings is 1. The number of methoxy groups -OCH3 is 1. The summed E-state index contributed by atoms with van der Waals surface area (Å²) in [6, 6.07) is 22.6. The van der Waals surface area contributed by atoms with Crippen molar-refractivity contribution in [3.8, 4) is 28.6 Å². The van der Waals surface area contributed by atoms with Crippen LogP contribution in [0, 0.1) is 0 Å². The maximum atomic E-state index is 14.3. The Hall–Kier alpha value is -4.10. The predicted octanol–water partition coefficient (Wildman–Crippen LogP) is 7.02. The van der Waals surface area contributed by atoms with Crippen molar-refractivity contribution in [3.05, 3.63) is 90.3 Å². The monoisotopic (exact) mass is 578 g/mol. The van der Waals surface area contributed by atoms with E-state index in [1.54, 1.807) is 7.11 Å². The summed E-state index contributed by atoms with van der Waals surface area (Å²) in [5.74, 6) is 2.67. The molecule has 2 aliphatic heterocycles. The third-order valence-corrected chi connectivity index (χ3v) is 9.12. The fourth-order valence-electron chi connectivity index (χ4n) is 6.61. The first-order chi connectivity index (χ1) is 21.1. The minimum atomic E-state index is -0.490. The number of benzene rings is 3. The van der Waals surface area contributed by atoms with Crippen molar-refractivity contribution in [2.24, 2.45) is 0 Å². The normalized spacial score (nSPS) is 17.7. The summed E-state index contributed by atoms with van der Waals surface area (Å²) in [5, 5.41) is 0. The number of carbonyl (C=O) groups excluding carboxylic acids is 1. The number of nitrogens with zero attached hydrogens (tertiary/aromatic N) is 4. The first-order valence-electron chi connectivity index (χ1n) is 15.6. The molecule has 2 fully saturated rings. The predicted molar refractivity (Wildman–Crippen MR) is 171 cm³/mol. The molecule has 1 saturated carbocycles. The molecule has 0 atom stereocenters. The van der Waals surface area contributed by atoms with Gasteiger partial charge in [0.05, 0.1) is 30.4 Å². The third-order valence-electron chi connectivity index (χ3n) is 9.12. The van der Waals surface area contributed by atoms with E-state index in [0.29, 0.717) is 6.54 Å². The van der Waals surface area contributed by atoms with E-state index in [-0.39, 0.29) is 12.0 Å². The van der Waals surface area contributed by atoms with Gasteiger partial charge >= 0.3 is 0 Å². The fraction of sp³-hybridized carbons (Fsp3) is 0.389. The molecule has 0 N–H and O–H groups in total. The molecule has 1 saturated heterocycles. The van der Waals surface area contributed by atoms with Crippen LogP contribution in [0.15, 0.2) is 79.1 Å². The zero-order chi connectivity index (χ0) is 30.0. The first-order valence-corrected chi connectivity index (χ1v) is 15.6. The number of hydrogen-bond acceptors (Lipinski definition) is 5. The lowest BCUT2D eigenvalue weighted by molar-refractivity contribution is -0.126. The second-order valence-electron chi connectivity index (χ2n) is 11.6. The highest BCUT2D eigenvalue weighted by atomic mass is 16.5. The number of carbonyl (C=O) groups is 1. The van der Waals surface area contributed by atoms with Gasteiger partial charge in [0, 0.05) is 37.1 Å². The van der Waals surface area contributed by atoms with Gasteiger partial charge in [0.2, 0.25) is 5.91 Å². The molecule has 4 aromatic rings. The van der Waals surface area contributed by atoms with Gasteiger partial charge in [-0.2, -0.15) is 0 Å². The average Bonchev–Trinajstić information content (AvgIpc) is 3.61. The quantitative estimate of drug-likeness (QED) is 0.236. The van der Waals surface area contributed by atoms with Gasteiger partial charge in [-0.15, -0.1) is 0 Å². The van der Waals surface area contributed by atoms with Crippen LogP contribution in [0.4, 0.5) is 5.69 Å². The van der Waals surface area contributed by atoms with Crippen molar-refractivity contribution in [2.45, 2.75) is 64.0 Å². The van der Waals surface area contributed by atoms with Crippen LogP contribution in [0.1, 0.15) is 57.1 Å². The van der Waals surface area contributed by atoms with Crippen LogP contribution in [0.5, 0.6) is 11.5 Å². The van der Waals surface area contributed by atoms with E-state index in [1.165, 1.54) is 0 Å². The number of hydrogen-bond donors (Lipinski definition) is 0. The molecule has 0 bridgehead atoms. The lowest BCUT2D eigenvalue weighted by Crippen LogP contribution is -2.44. The minimum Gasteiger partial charge on any atom is -0.497 e. The van der Waals surface area contributed by atoms with E-state index in [0.717, 1.165) is 90.6 Å². The Morgan fingerprint density at radius 2 is 1.70 bits per heavy atom. The van der Waals surface area contributed by atoms with Crippen molar-refractivity contribution in [1.82, 2.24) is 14.5 Å². The molecule has 7 nitrogen and oxygen atoms in total. The topological polar surface area (TPSA) is 59.8 Å². The Labute approximate surface area is 255 Å². The second-order valence-corrected chi connectivity index (χ2v) is 11.6. The molecule has 3 heterocycles. The Morgan fingerprint density at radius 3 is 2.35 bits per heavy atom. The Kier molecular flexibility index (Phi) is 8.26. The summed E-state index contributed by atoms with van der Waals surface area (Å²) in [5.41, 5.74) is 4.64. The molecule has 1 amide bonds. The molecule has 0 radical (unpaired) electrons. The lowest BCUT2D eigenvalue weighted by atomic mass is 9.65. The maximum Gasteiger partial charge on any atom is 0.238 e. The smallest absolute Gasteiger partial charge is 0.238 e. The molecule has 224 valence electrons. The standard InChI is InChI=1S/C34H36N4O3.C2H6/c1-36-18-13-28(14-19-36)41-30-22-26(37-20-17-35-32(37)25-7-4-3-5-8-25)21-29-31(30)38(33(39)34(29)15-6-16-34)23-24-9-11-27(40-2)12-10-24;1-2/h3-5,7-12,17,20-22,28H,6,13-16,18-19,23H2,1-2H3;1-2H3. The number of amides is 1. The molecule has 0 unspecified atom stereocenters. The number of aromatic nitrogens is 2. The van der Waals surface area contributed by atoms with Crippen molar-refractivity contribution in [1.29, 1.82) is 0 Å². The largest absolute Gasteiger partial charge is 0.497 e. The highest BCUT2D eigenvalue weighted by Gasteiger charge is 2.55. The molecular formula is C36H42N4O3. The van der Waals surface area contributed by atoms with E-state index in [2.05, 4.69) is 40.8 Å². The van der Waals surface area contributed by atoms with E-state index < -0.39 is 5.41 Å². The Morgan fingerprint density at radius 1 is 0.977 bits per heavy atom. The molecule has 1 aliphatic carbocycles. The van der Waals surface area contributed by atoms with Gasteiger partial charge in [-0.1, -0.05) is 62.7 Å². The van der Waals surface area contributed by atoms with Gasteiger partial charge in [-0.05, 0) is 62.1 Å². The Bertz CT molecular complexity index is 1550. The molecular weight excluding hydrogens is 536 g/mol. The van der Waals surface area contributed by atoms with E-state index in [1.807, 2.05) is 73.6 Å². The highest BCUT2D eigenvalue weighted by Crippen LogP contribution is 2.57. The van der Waals surface area contributed by atoms with Crippen LogP contribution in [-0.2, 0) is 16.8 Å². The number of rotatable bonds is 7. The zero-order valence-corrected chi connectivity index (χ0v) is 25.8. The Balaban J connectivity index is 0.00000161. The average molecular weight is 579 g/mol. The van der Waals surface area contributed by atoms with Crippen molar-refractivity contribution < 1.29 is 14.3 Å². The van der Waals surface area contributed by atoms with E-state index >= 15 is 0 Å². The zero-order valence-electron chi connectivity index (χ0n) is 25.8. The number of fused-ring (bicyclic) bond motifs is 2. The summed E-state index contributed by atoms with van der Waals surface area (Å²) in [6.07, 6.45) is 8.67. The summed E-state index contributed by atoms with van der Waals surface area (Å²) in [6.45, 7) is 6.51. The molecule has 3 aromatic carbocycles. The number of imidazole rings is 1. The summed E-state index contributed by atoms with van der Waals surface area (Å²) in [4.78, 5) is 23.3. The molecule has 1 aromatic heterocycles. The number of likely N-dealkylation sites (tertiary alicyclic amines) is 1. The summed E-state index contributed by atoms with van der Waals surface area (Å²) >= 11 is 0. The van der Waals surface area contributed by atoms with E-state index in [9.17, 15) is 4.79 Å². The number of ether oxygens (including phenoxy) is 2. The minimum absolute atomic E-state index is 0.109. The van der Waals surface area contributed by atoms with Gasteiger partial charge in [0.25, 0.3) is 0 Å². The third kappa shape index (κ3) is 5.31. The van der Waals surface area contributed by atoms with Gasteiger partial charge in [0.15, 0.2) is 0 Å². The second kappa shape index (κ2) is 12.3. The van der Waals surface area contributed by atoms with Crippen LogP contribution >= 0.6 is 0 Å². The van der Waals surface area contributed by atoms with Gasteiger partial charge in [0.1, 0.15) is 23.4 Å². The van der Waals surface area contributed by atoms with Crippen LogP contribution in [0.3, 0.4) is 0 Å². The van der Waals surface area contributed by atoms with Crippen molar-refractivity contribution in [2.75, 3.05) is 32.1 Å². The summed E-state index contributed by atoms with van der Waals surface area (Å²) in [7, 11) is 3.83. The van der Waals surface area contributed by atoms with Crippen LogP contribution < -0.4 is 14.4 Å². The van der Waals surface area contributed by atoms with Crippen molar-refractivity contribution >= 4 is 11.6 Å². The van der Waals surface area contributed by atoms with E-state index in [4.69, 9.17) is 14.5 Å². The number of anilines is 1. The summed E-state index contributed by atoms with van der Waals surface area (Å²) < 4.78 is 14.4. The SMILES string of the molecule is CC.COc1ccc(CN2C(=O)C3(CCC3)c3cc(-n4ccnc4-c4ccccc4)cc(OC4CCN(C)CC4)c32)cc1. The molecule has 1 spiro atoms. The van der Waals surface area contributed by atoms with Gasteiger partial charge in [-0.25, -0.2) is 4.98 Å².